The van der Waals surface area contributed by atoms with E-state index in [9.17, 15) is 13.2 Å². The highest BCUT2D eigenvalue weighted by Crippen LogP contribution is 2.25. The fourth-order valence-corrected chi connectivity index (χ4v) is 4.86. The second-order valence-electron chi connectivity index (χ2n) is 6.71. The van der Waals surface area contributed by atoms with E-state index in [4.69, 9.17) is 16.3 Å². The molecule has 0 aliphatic carbocycles. The predicted octanol–water partition coefficient (Wildman–Crippen LogP) is 3.19. The lowest BCUT2D eigenvalue weighted by Gasteiger charge is -2.23. The Bertz CT molecular complexity index is 961. The standard InChI is InChI=1S/C20H23ClN2O4S/c1-15-4-7-17(8-5-15)28(25,26)23-11-3-10-22(12-13-23)20(24)18-14-16(21)6-9-19(18)27-2/h4-9,14H,3,10-13H2,1-2H3. The fourth-order valence-electron chi connectivity index (χ4n) is 3.21. The Hall–Kier alpha value is -2.09. The van der Waals surface area contributed by atoms with Crippen LogP contribution in [0.15, 0.2) is 47.4 Å². The van der Waals surface area contributed by atoms with Gasteiger partial charge in [0.15, 0.2) is 0 Å². The van der Waals surface area contributed by atoms with Crippen molar-refractivity contribution in [3.63, 3.8) is 0 Å². The Labute approximate surface area is 170 Å². The molecule has 0 N–H and O–H groups in total. The van der Waals surface area contributed by atoms with Crippen LogP contribution in [-0.2, 0) is 10.0 Å². The molecule has 0 spiro atoms. The first-order valence-corrected chi connectivity index (χ1v) is 10.8. The predicted molar refractivity (Wildman–Crippen MR) is 108 cm³/mol. The molecule has 8 heteroatoms. The van der Waals surface area contributed by atoms with Crippen molar-refractivity contribution in [2.75, 3.05) is 33.3 Å². The number of carbonyl (C=O) groups excluding carboxylic acids is 1. The van der Waals surface area contributed by atoms with E-state index in [1.165, 1.54) is 11.4 Å². The Morgan fingerprint density at radius 2 is 1.75 bits per heavy atom. The number of ether oxygens (including phenoxy) is 1. The smallest absolute Gasteiger partial charge is 0.257 e. The molecule has 0 saturated carbocycles. The highest BCUT2D eigenvalue weighted by molar-refractivity contribution is 7.89. The molecule has 1 amide bonds. The summed E-state index contributed by atoms with van der Waals surface area (Å²) in [7, 11) is -2.09. The lowest BCUT2D eigenvalue weighted by Crippen LogP contribution is -2.37. The van der Waals surface area contributed by atoms with Crippen molar-refractivity contribution in [2.24, 2.45) is 0 Å². The van der Waals surface area contributed by atoms with Crippen molar-refractivity contribution in [1.82, 2.24) is 9.21 Å². The molecule has 0 unspecified atom stereocenters. The summed E-state index contributed by atoms with van der Waals surface area (Å²) in [6.07, 6.45) is 0.555. The fraction of sp³-hybridized carbons (Fsp3) is 0.350. The molecule has 1 aliphatic rings. The molecule has 1 heterocycles. The lowest BCUT2D eigenvalue weighted by molar-refractivity contribution is 0.0761. The molecule has 2 aromatic rings. The molecule has 1 saturated heterocycles. The first-order chi connectivity index (χ1) is 13.3. The van der Waals surface area contributed by atoms with Gasteiger partial charge in [0.05, 0.1) is 17.6 Å². The monoisotopic (exact) mass is 422 g/mol. The van der Waals surface area contributed by atoms with Crippen LogP contribution in [-0.4, -0.2) is 56.8 Å². The number of halogens is 1. The van der Waals surface area contributed by atoms with E-state index in [2.05, 4.69) is 0 Å². The number of aryl methyl sites for hydroxylation is 1. The summed E-state index contributed by atoms with van der Waals surface area (Å²) in [4.78, 5) is 14.9. The highest BCUT2D eigenvalue weighted by atomic mass is 35.5. The van der Waals surface area contributed by atoms with Crippen LogP contribution in [0, 0.1) is 6.92 Å². The largest absolute Gasteiger partial charge is 0.496 e. The van der Waals surface area contributed by atoms with Gasteiger partial charge in [-0.25, -0.2) is 8.42 Å². The van der Waals surface area contributed by atoms with Gasteiger partial charge in [0.2, 0.25) is 10.0 Å². The summed E-state index contributed by atoms with van der Waals surface area (Å²) < 4.78 is 32.6. The minimum atomic E-state index is -3.59. The molecule has 0 radical (unpaired) electrons. The average molecular weight is 423 g/mol. The van der Waals surface area contributed by atoms with Crippen molar-refractivity contribution < 1.29 is 17.9 Å². The number of hydrogen-bond acceptors (Lipinski definition) is 4. The molecule has 0 atom stereocenters. The van der Waals surface area contributed by atoms with Gasteiger partial charge in [0.25, 0.3) is 5.91 Å². The number of amides is 1. The van der Waals surface area contributed by atoms with Crippen LogP contribution >= 0.6 is 11.6 Å². The zero-order valence-corrected chi connectivity index (χ0v) is 17.5. The third-order valence-electron chi connectivity index (χ3n) is 4.79. The molecule has 6 nitrogen and oxygen atoms in total. The highest BCUT2D eigenvalue weighted by Gasteiger charge is 2.29. The van der Waals surface area contributed by atoms with E-state index in [0.29, 0.717) is 42.4 Å². The van der Waals surface area contributed by atoms with E-state index in [1.54, 1.807) is 47.4 Å². The van der Waals surface area contributed by atoms with Gasteiger partial charge in [-0.1, -0.05) is 29.3 Å². The summed E-state index contributed by atoms with van der Waals surface area (Å²) in [6.45, 7) is 3.29. The first-order valence-electron chi connectivity index (χ1n) is 9.02. The topological polar surface area (TPSA) is 66.9 Å². The van der Waals surface area contributed by atoms with Gasteiger partial charge in [-0.2, -0.15) is 4.31 Å². The minimum Gasteiger partial charge on any atom is -0.496 e. The summed E-state index contributed by atoms with van der Waals surface area (Å²) in [5.41, 5.74) is 1.38. The Morgan fingerprint density at radius 3 is 2.43 bits per heavy atom. The number of hydrogen-bond donors (Lipinski definition) is 0. The zero-order chi connectivity index (χ0) is 20.3. The summed E-state index contributed by atoms with van der Waals surface area (Å²) in [5.74, 6) is 0.233. The van der Waals surface area contributed by atoms with E-state index >= 15 is 0 Å². The second-order valence-corrected chi connectivity index (χ2v) is 9.08. The summed E-state index contributed by atoms with van der Waals surface area (Å²) >= 11 is 6.04. The zero-order valence-electron chi connectivity index (χ0n) is 15.9. The molecule has 150 valence electrons. The van der Waals surface area contributed by atoms with E-state index < -0.39 is 10.0 Å². The molecule has 0 bridgehead atoms. The first kappa shape index (κ1) is 20.6. The Morgan fingerprint density at radius 1 is 1.04 bits per heavy atom. The maximum atomic E-state index is 13.0. The number of benzene rings is 2. The van der Waals surface area contributed by atoms with Gasteiger partial charge in [-0.15, -0.1) is 0 Å². The van der Waals surface area contributed by atoms with Crippen molar-refractivity contribution >= 4 is 27.5 Å². The number of rotatable bonds is 4. The molecular weight excluding hydrogens is 400 g/mol. The third kappa shape index (κ3) is 4.32. The summed E-state index contributed by atoms with van der Waals surface area (Å²) in [5, 5.41) is 0.447. The van der Waals surface area contributed by atoms with Crippen molar-refractivity contribution in [1.29, 1.82) is 0 Å². The molecule has 3 rings (SSSR count). The maximum absolute atomic E-state index is 13.0. The van der Waals surface area contributed by atoms with E-state index in [0.717, 1.165) is 5.56 Å². The van der Waals surface area contributed by atoms with Gasteiger partial charge in [-0.3, -0.25) is 4.79 Å². The third-order valence-corrected chi connectivity index (χ3v) is 6.94. The van der Waals surface area contributed by atoms with E-state index in [-0.39, 0.29) is 17.3 Å². The Kier molecular flexibility index (Phi) is 6.27. The van der Waals surface area contributed by atoms with Crippen molar-refractivity contribution in [2.45, 2.75) is 18.2 Å². The van der Waals surface area contributed by atoms with Crippen LogP contribution < -0.4 is 4.74 Å². The van der Waals surface area contributed by atoms with Crippen LogP contribution in [0.25, 0.3) is 0 Å². The minimum absolute atomic E-state index is 0.214. The maximum Gasteiger partial charge on any atom is 0.257 e. The van der Waals surface area contributed by atoms with Crippen molar-refractivity contribution in [3.8, 4) is 5.75 Å². The van der Waals surface area contributed by atoms with Gasteiger partial charge in [0, 0.05) is 31.2 Å². The average Bonchev–Trinajstić information content (AvgIpc) is 2.94. The normalized spacial score (nSPS) is 15.9. The summed E-state index contributed by atoms with van der Waals surface area (Å²) in [6, 6.07) is 11.7. The Balaban J connectivity index is 1.77. The van der Waals surface area contributed by atoms with Gasteiger partial charge in [0.1, 0.15) is 5.75 Å². The van der Waals surface area contributed by atoms with Crippen LogP contribution in [0.1, 0.15) is 22.3 Å². The van der Waals surface area contributed by atoms with Crippen molar-refractivity contribution in [3.05, 3.63) is 58.6 Å². The van der Waals surface area contributed by atoms with Gasteiger partial charge >= 0.3 is 0 Å². The van der Waals surface area contributed by atoms with Gasteiger partial charge in [-0.05, 0) is 43.7 Å². The number of carbonyl (C=O) groups is 1. The second kappa shape index (κ2) is 8.51. The SMILES string of the molecule is COc1ccc(Cl)cc1C(=O)N1CCCN(S(=O)(=O)c2ccc(C)cc2)CC1. The lowest BCUT2D eigenvalue weighted by atomic mass is 10.1. The van der Waals surface area contributed by atoms with Crippen LogP contribution in [0.2, 0.25) is 5.02 Å². The molecule has 0 aromatic heterocycles. The number of methoxy groups -OCH3 is 1. The van der Waals surface area contributed by atoms with E-state index in [1.807, 2.05) is 6.92 Å². The molecule has 2 aromatic carbocycles. The molecule has 1 fully saturated rings. The number of nitrogens with zero attached hydrogens (tertiary/aromatic N) is 2. The quantitative estimate of drug-likeness (QED) is 0.758. The molecule has 28 heavy (non-hydrogen) atoms. The molecular formula is C20H23ClN2O4S. The van der Waals surface area contributed by atoms with Crippen LogP contribution in [0.3, 0.4) is 0 Å². The van der Waals surface area contributed by atoms with Gasteiger partial charge < -0.3 is 9.64 Å². The van der Waals surface area contributed by atoms with Crippen LogP contribution in [0.4, 0.5) is 0 Å². The van der Waals surface area contributed by atoms with Crippen LogP contribution in [0.5, 0.6) is 5.75 Å². The number of sulfonamides is 1. The molecule has 1 aliphatic heterocycles.